The molecule has 0 fully saturated rings. The quantitative estimate of drug-likeness (QED) is 0.815. The van der Waals surface area contributed by atoms with Crippen LogP contribution in [0.25, 0.3) is 0 Å². The van der Waals surface area contributed by atoms with E-state index in [4.69, 9.17) is 14.7 Å². The summed E-state index contributed by atoms with van der Waals surface area (Å²) >= 11 is 1.53. The summed E-state index contributed by atoms with van der Waals surface area (Å²) in [5.41, 5.74) is 1.50. The van der Waals surface area contributed by atoms with Crippen LogP contribution in [-0.4, -0.2) is 23.4 Å². The third-order valence-electron chi connectivity index (χ3n) is 3.09. The normalized spacial score (nSPS) is 16.3. The number of nitrogens with zero attached hydrogens (tertiary/aromatic N) is 2. The molecule has 0 saturated heterocycles. The number of aromatic nitrogens is 1. The van der Waals surface area contributed by atoms with Crippen molar-refractivity contribution in [2.24, 2.45) is 0 Å². The van der Waals surface area contributed by atoms with Crippen LogP contribution >= 0.6 is 11.8 Å². The van der Waals surface area contributed by atoms with Crippen molar-refractivity contribution in [3.8, 4) is 17.6 Å². The Hall–Kier alpha value is -2.19. The number of aryl methyl sites for hydroxylation is 1. The lowest BCUT2D eigenvalue weighted by Gasteiger charge is -2.26. The number of hydrogen-bond acceptors (Lipinski definition) is 5. The maximum atomic E-state index is 9.12. The minimum atomic E-state index is -0.0428. The van der Waals surface area contributed by atoms with Crippen molar-refractivity contribution < 1.29 is 9.47 Å². The van der Waals surface area contributed by atoms with E-state index in [9.17, 15) is 0 Å². The molecule has 1 aromatic carbocycles. The zero-order valence-electron chi connectivity index (χ0n) is 11.6. The molecule has 5 heteroatoms. The molecule has 1 unspecified atom stereocenters. The summed E-state index contributed by atoms with van der Waals surface area (Å²) in [7, 11) is 0. The number of ether oxygens (including phenoxy) is 2. The van der Waals surface area contributed by atoms with Gasteiger partial charge in [-0.05, 0) is 31.2 Å². The molecular weight excluding hydrogens is 284 g/mol. The van der Waals surface area contributed by atoms with Crippen LogP contribution in [0.1, 0.15) is 11.3 Å². The second kappa shape index (κ2) is 6.06. The van der Waals surface area contributed by atoms with Gasteiger partial charge in [0.05, 0.1) is 5.56 Å². The first kappa shape index (κ1) is 13.8. The first-order chi connectivity index (χ1) is 10.3. The fourth-order valence-electron chi connectivity index (χ4n) is 2.05. The van der Waals surface area contributed by atoms with E-state index in [0.717, 1.165) is 22.2 Å². The van der Waals surface area contributed by atoms with Crippen molar-refractivity contribution in [1.82, 2.24) is 4.98 Å². The van der Waals surface area contributed by atoms with Gasteiger partial charge in [-0.1, -0.05) is 12.1 Å². The second-order valence-corrected chi connectivity index (χ2v) is 5.73. The summed E-state index contributed by atoms with van der Waals surface area (Å²) in [5.74, 6) is 2.25. The van der Waals surface area contributed by atoms with Crippen molar-refractivity contribution in [2.75, 3.05) is 12.4 Å². The van der Waals surface area contributed by atoms with E-state index in [1.54, 1.807) is 6.07 Å². The molecule has 0 aliphatic carbocycles. The maximum absolute atomic E-state index is 9.12. The highest BCUT2D eigenvalue weighted by Gasteiger charge is 2.21. The maximum Gasteiger partial charge on any atom is 0.161 e. The van der Waals surface area contributed by atoms with Crippen LogP contribution < -0.4 is 9.47 Å². The van der Waals surface area contributed by atoms with Gasteiger partial charge >= 0.3 is 0 Å². The van der Waals surface area contributed by atoms with Crippen LogP contribution in [-0.2, 0) is 0 Å². The topological polar surface area (TPSA) is 55.1 Å². The molecule has 1 atom stereocenters. The highest BCUT2D eigenvalue weighted by molar-refractivity contribution is 7.99. The fourth-order valence-corrected chi connectivity index (χ4v) is 3.03. The summed E-state index contributed by atoms with van der Waals surface area (Å²) in [6.07, 6.45) is -0.0428. The number of benzene rings is 1. The Morgan fingerprint density at radius 2 is 2.10 bits per heavy atom. The van der Waals surface area contributed by atoms with E-state index in [1.165, 1.54) is 11.8 Å². The summed E-state index contributed by atoms with van der Waals surface area (Å²) in [6, 6.07) is 13.5. The number of fused-ring (bicyclic) bond motifs is 1. The van der Waals surface area contributed by atoms with Gasteiger partial charge in [0.2, 0.25) is 0 Å². The number of nitriles is 1. The van der Waals surface area contributed by atoms with Crippen LogP contribution in [0.15, 0.2) is 41.4 Å². The molecule has 1 aromatic heterocycles. The molecule has 0 radical (unpaired) electrons. The van der Waals surface area contributed by atoms with Gasteiger partial charge in [-0.3, -0.25) is 0 Å². The molecule has 0 bridgehead atoms. The van der Waals surface area contributed by atoms with Crippen molar-refractivity contribution in [3.05, 3.63) is 47.7 Å². The Morgan fingerprint density at radius 1 is 1.29 bits per heavy atom. The molecule has 0 spiro atoms. The summed E-state index contributed by atoms with van der Waals surface area (Å²) in [5, 5.41) is 9.87. The predicted molar refractivity (Wildman–Crippen MR) is 80.8 cm³/mol. The molecule has 2 aromatic rings. The SMILES string of the molecule is Cc1ccc(C#N)c(SCC2COc3ccccc3O2)n1. The molecule has 2 heterocycles. The minimum Gasteiger partial charge on any atom is -0.486 e. The first-order valence-electron chi connectivity index (χ1n) is 6.65. The monoisotopic (exact) mass is 298 g/mol. The Morgan fingerprint density at radius 3 is 2.90 bits per heavy atom. The van der Waals surface area contributed by atoms with Crippen LogP contribution in [0.5, 0.6) is 11.5 Å². The number of rotatable bonds is 3. The number of para-hydroxylation sites is 2. The highest BCUT2D eigenvalue weighted by Crippen LogP contribution is 2.32. The van der Waals surface area contributed by atoms with Gasteiger partial charge in [0, 0.05) is 11.4 Å². The fraction of sp³-hybridized carbons (Fsp3) is 0.250. The third-order valence-corrected chi connectivity index (χ3v) is 4.22. The van der Waals surface area contributed by atoms with Gasteiger partial charge in [-0.25, -0.2) is 4.98 Å². The predicted octanol–water partition coefficient (Wildman–Crippen LogP) is 3.19. The molecule has 4 nitrogen and oxygen atoms in total. The van der Waals surface area contributed by atoms with E-state index in [2.05, 4.69) is 11.1 Å². The molecule has 0 amide bonds. The van der Waals surface area contributed by atoms with Crippen molar-refractivity contribution in [1.29, 1.82) is 5.26 Å². The Balaban J connectivity index is 1.67. The second-order valence-electron chi connectivity index (χ2n) is 4.73. The van der Waals surface area contributed by atoms with Crippen LogP contribution in [0.4, 0.5) is 0 Å². The lowest BCUT2D eigenvalue weighted by atomic mass is 10.3. The molecule has 1 aliphatic rings. The third kappa shape index (κ3) is 3.11. The summed E-state index contributed by atoms with van der Waals surface area (Å²) in [6.45, 7) is 2.43. The Kier molecular flexibility index (Phi) is 3.98. The van der Waals surface area contributed by atoms with Crippen LogP contribution in [0, 0.1) is 18.3 Å². The Bertz CT molecular complexity index is 697. The van der Waals surface area contributed by atoms with Crippen LogP contribution in [0.2, 0.25) is 0 Å². The van der Waals surface area contributed by atoms with Crippen LogP contribution in [0.3, 0.4) is 0 Å². The average molecular weight is 298 g/mol. The van der Waals surface area contributed by atoms with Gasteiger partial charge in [0.1, 0.15) is 23.8 Å². The molecule has 106 valence electrons. The summed E-state index contributed by atoms with van der Waals surface area (Å²) in [4.78, 5) is 4.42. The Labute approximate surface area is 127 Å². The largest absolute Gasteiger partial charge is 0.486 e. The van der Waals surface area contributed by atoms with E-state index in [0.29, 0.717) is 17.9 Å². The molecule has 0 N–H and O–H groups in total. The highest BCUT2D eigenvalue weighted by atomic mass is 32.2. The molecule has 1 aliphatic heterocycles. The molecule has 0 saturated carbocycles. The number of thioether (sulfide) groups is 1. The van der Waals surface area contributed by atoms with Crippen molar-refractivity contribution in [2.45, 2.75) is 18.1 Å². The lowest BCUT2D eigenvalue weighted by Crippen LogP contribution is -2.31. The standard InChI is InChI=1S/C16H14N2O2S/c1-11-6-7-12(8-17)16(18-11)21-10-13-9-19-14-4-2-3-5-15(14)20-13/h2-7,13H,9-10H2,1H3. The molecule has 3 rings (SSSR count). The van der Waals surface area contributed by atoms with Crippen molar-refractivity contribution in [3.63, 3.8) is 0 Å². The molecular formula is C16H14N2O2S. The molecule has 21 heavy (non-hydrogen) atoms. The van der Waals surface area contributed by atoms with E-state index >= 15 is 0 Å². The number of hydrogen-bond donors (Lipinski definition) is 0. The minimum absolute atomic E-state index is 0.0428. The van der Waals surface area contributed by atoms with E-state index < -0.39 is 0 Å². The zero-order chi connectivity index (χ0) is 14.7. The lowest BCUT2D eigenvalue weighted by molar-refractivity contribution is 0.107. The van der Waals surface area contributed by atoms with Gasteiger partial charge in [-0.2, -0.15) is 5.26 Å². The number of pyridine rings is 1. The van der Waals surface area contributed by atoms with Gasteiger partial charge in [-0.15, -0.1) is 11.8 Å². The first-order valence-corrected chi connectivity index (χ1v) is 7.64. The van der Waals surface area contributed by atoms with Gasteiger partial charge < -0.3 is 9.47 Å². The smallest absolute Gasteiger partial charge is 0.161 e. The van der Waals surface area contributed by atoms with Gasteiger partial charge in [0.15, 0.2) is 11.5 Å². The van der Waals surface area contributed by atoms with E-state index in [-0.39, 0.29) is 6.10 Å². The van der Waals surface area contributed by atoms with Gasteiger partial charge in [0.25, 0.3) is 0 Å². The van der Waals surface area contributed by atoms with Crippen molar-refractivity contribution >= 4 is 11.8 Å². The zero-order valence-corrected chi connectivity index (χ0v) is 12.4. The summed E-state index contributed by atoms with van der Waals surface area (Å²) < 4.78 is 11.6. The average Bonchev–Trinajstić information content (AvgIpc) is 2.53. The van der Waals surface area contributed by atoms with E-state index in [1.807, 2.05) is 37.3 Å².